The largest absolute Gasteiger partial charge is 0.481 e. The lowest BCUT2D eigenvalue weighted by Gasteiger charge is -2.05. The average molecular weight is 221 g/mol. The van der Waals surface area contributed by atoms with Crippen LogP contribution in [0.2, 0.25) is 0 Å². The van der Waals surface area contributed by atoms with Crippen molar-refractivity contribution in [2.75, 3.05) is 5.32 Å². The molecule has 1 heterocycles. The number of hydrogen-bond acceptors (Lipinski definition) is 4. The molecule has 2 rings (SSSR count). The minimum Gasteiger partial charge on any atom is -0.481 e. The fraction of sp³-hybridized carbons (Fsp3) is 0.545. The summed E-state index contributed by atoms with van der Waals surface area (Å²) in [5.74, 6) is -0.0109. The summed E-state index contributed by atoms with van der Waals surface area (Å²) in [6.45, 7) is 4.11. The van der Waals surface area contributed by atoms with Gasteiger partial charge in [0.1, 0.15) is 5.82 Å². The first-order valence-electron chi connectivity index (χ1n) is 5.41. The second kappa shape index (κ2) is 4.08. The van der Waals surface area contributed by atoms with Crippen LogP contribution in [0.25, 0.3) is 0 Å². The van der Waals surface area contributed by atoms with Crippen molar-refractivity contribution in [2.45, 2.75) is 32.2 Å². The fourth-order valence-electron chi connectivity index (χ4n) is 1.54. The van der Waals surface area contributed by atoms with Gasteiger partial charge in [0.05, 0.1) is 11.6 Å². The molecule has 2 unspecified atom stereocenters. The summed E-state index contributed by atoms with van der Waals surface area (Å²) in [6, 6.07) is 3.77. The summed E-state index contributed by atoms with van der Waals surface area (Å²) in [7, 11) is 0. The third-order valence-corrected chi connectivity index (χ3v) is 2.72. The Morgan fingerprint density at radius 3 is 2.69 bits per heavy atom. The van der Waals surface area contributed by atoms with E-state index < -0.39 is 5.97 Å². The van der Waals surface area contributed by atoms with Crippen LogP contribution < -0.4 is 5.32 Å². The summed E-state index contributed by atoms with van der Waals surface area (Å²) < 4.78 is 0. The summed E-state index contributed by atoms with van der Waals surface area (Å²) in [6.07, 6.45) is 0.670. The summed E-state index contributed by atoms with van der Waals surface area (Å²) >= 11 is 0. The smallest absolute Gasteiger partial charge is 0.308 e. The quantitative estimate of drug-likeness (QED) is 0.805. The normalized spacial score (nSPS) is 23.2. The van der Waals surface area contributed by atoms with Crippen molar-refractivity contribution in [2.24, 2.45) is 5.92 Å². The van der Waals surface area contributed by atoms with Crippen molar-refractivity contribution < 1.29 is 9.90 Å². The molecule has 5 nitrogen and oxygen atoms in total. The molecule has 1 aliphatic carbocycles. The van der Waals surface area contributed by atoms with Crippen LogP contribution in [0.1, 0.15) is 31.9 Å². The molecule has 1 fully saturated rings. The Bertz CT molecular complexity index is 389. The van der Waals surface area contributed by atoms with E-state index in [1.54, 1.807) is 0 Å². The highest BCUT2D eigenvalue weighted by Gasteiger charge is 2.43. The molecule has 1 aromatic rings. The van der Waals surface area contributed by atoms with Crippen molar-refractivity contribution in [3.8, 4) is 0 Å². The van der Waals surface area contributed by atoms with E-state index in [4.69, 9.17) is 5.11 Å². The maximum absolute atomic E-state index is 10.6. The maximum Gasteiger partial charge on any atom is 0.308 e. The standard InChI is InChI=1S/C11H15N3O2/c1-6(2)8-3-4-10(14-13-8)12-9-5-7(9)11(15)16/h3-4,6-7,9H,5H2,1-2H3,(H,12,14)(H,15,16). The van der Waals surface area contributed by atoms with E-state index in [1.165, 1.54) is 0 Å². The molecule has 2 N–H and O–H groups in total. The van der Waals surface area contributed by atoms with Gasteiger partial charge in [-0.1, -0.05) is 13.8 Å². The van der Waals surface area contributed by atoms with Crippen molar-refractivity contribution in [3.05, 3.63) is 17.8 Å². The molecule has 1 aromatic heterocycles. The van der Waals surface area contributed by atoms with Crippen molar-refractivity contribution in [3.63, 3.8) is 0 Å². The molecule has 16 heavy (non-hydrogen) atoms. The maximum atomic E-state index is 10.6. The Kier molecular flexibility index (Phi) is 2.77. The number of carboxylic acid groups (broad SMARTS) is 1. The Morgan fingerprint density at radius 2 is 2.25 bits per heavy atom. The number of carboxylic acids is 1. The van der Waals surface area contributed by atoms with E-state index in [1.807, 2.05) is 12.1 Å². The Hall–Kier alpha value is -1.65. The number of anilines is 1. The van der Waals surface area contributed by atoms with E-state index in [0.29, 0.717) is 18.2 Å². The molecule has 0 saturated heterocycles. The van der Waals surface area contributed by atoms with Gasteiger partial charge >= 0.3 is 5.97 Å². The first-order valence-corrected chi connectivity index (χ1v) is 5.41. The highest BCUT2D eigenvalue weighted by atomic mass is 16.4. The number of aromatic nitrogens is 2. The molecular formula is C11H15N3O2. The molecule has 0 amide bonds. The molecule has 0 radical (unpaired) electrons. The molecule has 2 atom stereocenters. The van der Waals surface area contributed by atoms with E-state index in [9.17, 15) is 4.79 Å². The van der Waals surface area contributed by atoms with Crippen LogP contribution in [-0.2, 0) is 4.79 Å². The molecule has 0 spiro atoms. The zero-order chi connectivity index (χ0) is 11.7. The predicted molar refractivity (Wildman–Crippen MR) is 59.3 cm³/mol. The minimum atomic E-state index is -0.746. The Balaban J connectivity index is 1.94. The number of hydrogen-bond donors (Lipinski definition) is 2. The van der Waals surface area contributed by atoms with Crippen LogP contribution in [-0.4, -0.2) is 27.3 Å². The number of aliphatic carboxylic acids is 1. The molecule has 0 bridgehead atoms. The van der Waals surface area contributed by atoms with Gasteiger partial charge in [0, 0.05) is 6.04 Å². The predicted octanol–water partition coefficient (Wildman–Crippen LogP) is 1.49. The first-order chi connectivity index (χ1) is 7.58. The highest BCUT2D eigenvalue weighted by Crippen LogP contribution is 2.33. The van der Waals surface area contributed by atoms with Gasteiger partial charge in [0.2, 0.25) is 0 Å². The van der Waals surface area contributed by atoms with E-state index in [-0.39, 0.29) is 12.0 Å². The molecule has 1 saturated carbocycles. The fourth-order valence-corrected chi connectivity index (χ4v) is 1.54. The molecule has 1 aliphatic rings. The number of nitrogens with one attached hydrogen (secondary N) is 1. The molecule has 86 valence electrons. The van der Waals surface area contributed by atoms with E-state index in [0.717, 1.165) is 5.69 Å². The second-order valence-corrected chi connectivity index (χ2v) is 4.43. The van der Waals surface area contributed by atoms with Gasteiger partial charge in [-0.25, -0.2) is 0 Å². The van der Waals surface area contributed by atoms with Crippen LogP contribution in [0.5, 0.6) is 0 Å². The minimum absolute atomic E-state index is 0.0108. The van der Waals surface area contributed by atoms with Crippen LogP contribution in [0.4, 0.5) is 5.82 Å². The molecule has 5 heteroatoms. The van der Waals surface area contributed by atoms with Gasteiger partial charge < -0.3 is 10.4 Å². The topological polar surface area (TPSA) is 75.1 Å². The first kappa shape index (κ1) is 10.9. The lowest BCUT2D eigenvalue weighted by atomic mass is 10.1. The van der Waals surface area contributed by atoms with E-state index >= 15 is 0 Å². The second-order valence-electron chi connectivity index (χ2n) is 4.43. The third kappa shape index (κ3) is 2.29. The van der Waals surface area contributed by atoms with Gasteiger partial charge in [-0.05, 0) is 24.5 Å². The zero-order valence-electron chi connectivity index (χ0n) is 9.34. The van der Waals surface area contributed by atoms with Gasteiger partial charge in [0.15, 0.2) is 0 Å². The molecule has 0 aliphatic heterocycles. The van der Waals surface area contributed by atoms with Gasteiger partial charge in [-0.2, -0.15) is 5.10 Å². The van der Waals surface area contributed by atoms with Gasteiger partial charge in [-0.15, -0.1) is 5.10 Å². The van der Waals surface area contributed by atoms with Gasteiger partial charge in [-0.3, -0.25) is 4.79 Å². The lowest BCUT2D eigenvalue weighted by molar-refractivity contribution is -0.138. The number of carbonyl (C=O) groups is 1. The Labute approximate surface area is 93.9 Å². The van der Waals surface area contributed by atoms with Crippen LogP contribution in [0.3, 0.4) is 0 Å². The highest BCUT2D eigenvalue weighted by molar-refractivity contribution is 5.75. The van der Waals surface area contributed by atoms with Crippen LogP contribution in [0, 0.1) is 5.92 Å². The SMILES string of the molecule is CC(C)c1ccc(NC2CC2C(=O)O)nn1. The lowest BCUT2D eigenvalue weighted by Crippen LogP contribution is -2.11. The summed E-state index contributed by atoms with van der Waals surface area (Å²) in [5.41, 5.74) is 0.941. The zero-order valence-corrected chi connectivity index (χ0v) is 9.34. The average Bonchev–Trinajstić information content (AvgIpc) is 2.98. The van der Waals surface area contributed by atoms with E-state index in [2.05, 4.69) is 29.4 Å². The van der Waals surface area contributed by atoms with Crippen LogP contribution in [0.15, 0.2) is 12.1 Å². The van der Waals surface area contributed by atoms with Crippen LogP contribution >= 0.6 is 0 Å². The van der Waals surface area contributed by atoms with Crippen molar-refractivity contribution >= 4 is 11.8 Å². The summed E-state index contributed by atoms with van der Waals surface area (Å²) in [5, 5.41) is 19.9. The monoisotopic (exact) mass is 221 g/mol. The van der Waals surface area contributed by atoms with Crippen molar-refractivity contribution in [1.29, 1.82) is 0 Å². The summed E-state index contributed by atoms with van der Waals surface area (Å²) in [4.78, 5) is 10.6. The molecular weight excluding hydrogens is 206 g/mol. The third-order valence-electron chi connectivity index (χ3n) is 2.72. The van der Waals surface area contributed by atoms with Crippen molar-refractivity contribution in [1.82, 2.24) is 10.2 Å². The molecule has 0 aromatic carbocycles. The Morgan fingerprint density at radius 1 is 1.50 bits per heavy atom. The number of rotatable bonds is 4. The number of nitrogens with zero attached hydrogens (tertiary/aromatic N) is 2. The van der Waals surface area contributed by atoms with Gasteiger partial charge in [0.25, 0.3) is 0 Å².